The molecule has 120 valence electrons. The highest BCUT2D eigenvalue weighted by atomic mass is 32.2. The molecule has 0 saturated carbocycles. The minimum absolute atomic E-state index is 0.258. The number of nitrogens with one attached hydrogen (secondary N) is 1. The van der Waals surface area contributed by atoms with E-state index >= 15 is 0 Å². The Bertz CT molecular complexity index is 504. The molecule has 0 spiro atoms. The van der Waals surface area contributed by atoms with Crippen molar-refractivity contribution in [3.05, 3.63) is 41.5 Å². The van der Waals surface area contributed by atoms with Gasteiger partial charge in [-0.15, -0.1) is 0 Å². The van der Waals surface area contributed by atoms with Gasteiger partial charge in [0.15, 0.2) is 0 Å². The molecule has 1 fully saturated rings. The molecule has 1 N–H and O–H groups in total. The Balaban J connectivity index is 1.83. The van der Waals surface area contributed by atoms with Crippen molar-refractivity contribution in [2.24, 2.45) is 5.92 Å². The largest absolute Gasteiger partial charge is 0.381 e. The second kappa shape index (κ2) is 8.54. The van der Waals surface area contributed by atoms with Gasteiger partial charge in [-0.05, 0) is 42.1 Å². The predicted octanol–water partition coefficient (Wildman–Crippen LogP) is 5.03. The van der Waals surface area contributed by atoms with E-state index < -0.39 is 0 Å². The predicted molar refractivity (Wildman–Crippen MR) is 98.1 cm³/mol. The van der Waals surface area contributed by atoms with E-state index in [-0.39, 0.29) is 4.75 Å². The van der Waals surface area contributed by atoms with Gasteiger partial charge in [0.05, 0.1) is 0 Å². The second-order valence-corrected chi connectivity index (χ2v) is 8.23. The van der Waals surface area contributed by atoms with Gasteiger partial charge < -0.3 is 10.1 Å². The summed E-state index contributed by atoms with van der Waals surface area (Å²) < 4.78 is 5.69. The Morgan fingerprint density at radius 1 is 1.23 bits per heavy atom. The van der Waals surface area contributed by atoms with E-state index in [1.165, 1.54) is 24.8 Å². The summed E-state index contributed by atoms with van der Waals surface area (Å²) in [7, 11) is 0. The molecular weight excluding hydrogens is 290 g/mol. The number of benzene rings is 1. The monoisotopic (exact) mass is 317 g/mol. The lowest BCUT2D eigenvalue weighted by Crippen LogP contribution is -2.21. The minimum Gasteiger partial charge on any atom is -0.381 e. The van der Waals surface area contributed by atoms with Gasteiger partial charge in [0.2, 0.25) is 0 Å². The lowest BCUT2D eigenvalue weighted by atomic mass is 10.0. The first-order chi connectivity index (χ1) is 10.6. The molecular formula is C19H27NOS. The fraction of sp³-hybridized carbons (Fsp3) is 0.526. The van der Waals surface area contributed by atoms with Crippen LogP contribution in [0.25, 0.3) is 6.08 Å². The van der Waals surface area contributed by atoms with E-state index in [1.807, 2.05) is 18.2 Å². The summed E-state index contributed by atoms with van der Waals surface area (Å²) in [6.07, 6.45) is 9.30. The van der Waals surface area contributed by atoms with Gasteiger partial charge in [0, 0.05) is 24.2 Å². The van der Waals surface area contributed by atoms with Crippen LogP contribution >= 0.6 is 11.8 Å². The molecule has 0 amide bonds. The Kier molecular flexibility index (Phi) is 6.71. The fourth-order valence-corrected chi connectivity index (χ4v) is 3.81. The van der Waals surface area contributed by atoms with Gasteiger partial charge in [-0.2, -0.15) is 11.8 Å². The van der Waals surface area contributed by atoms with Gasteiger partial charge in [0.25, 0.3) is 0 Å². The highest BCUT2D eigenvalue weighted by Gasteiger charge is 2.21. The maximum Gasteiger partial charge on any atom is 0.0468 e. The van der Waals surface area contributed by atoms with Crippen molar-refractivity contribution in [2.75, 3.05) is 19.0 Å². The summed E-state index contributed by atoms with van der Waals surface area (Å²) in [4.78, 5) is 0. The molecule has 1 aliphatic heterocycles. The molecule has 1 aliphatic rings. The molecule has 1 saturated heterocycles. The average Bonchev–Trinajstić information content (AvgIpc) is 2.54. The lowest BCUT2D eigenvalue weighted by Gasteiger charge is -2.27. The molecule has 0 aliphatic carbocycles. The number of hydrogen-bond acceptors (Lipinski definition) is 3. The lowest BCUT2D eigenvalue weighted by molar-refractivity contribution is 0.0727. The molecule has 3 heteroatoms. The third-order valence-corrected chi connectivity index (χ3v) is 5.70. The van der Waals surface area contributed by atoms with Crippen molar-refractivity contribution in [1.82, 2.24) is 0 Å². The van der Waals surface area contributed by atoms with Crippen LogP contribution < -0.4 is 0 Å². The van der Waals surface area contributed by atoms with Crippen LogP contribution in [0.4, 0.5) is 0 Å². The van der Waals surface area contributed by atoms with E-state index in [1.54, 1.807) is 0 Å². The average molecular weight is 317 g/mol. The molecule has 0 bridgehead atoms. The van der Waals surface area contributed by atoms with E-state index in [0.29, 0.717) is 0 Å². The molecule has 1 aromatic rings. The van der Waals surface area contributed by atoms with E-state index in [0.717, 1.165) is 36.7 Å². The van der Waals surface area contributed by atoms with Crippen LogP contribution in [0.2, 0.25) is 0 Å². The Hall–Kier alpha value is -1.06. The maximum absolute atomic E-state index is 7.45. The topological polar surface area (TPSA) is 33.1 Å². The number of hydrogen-bond donors (Lipinski definition) is 1. The van der Waals surface area contributed by atoms with Crippen LogP contribution in [-0.2, 0) is 4.74 Å². The van der Waals surface area contributed by atoms with Crippen molar-refractivity contribution in [2.45, 2.75) is 37.9 Å². The van der Waals surface area contributed by atoms with Crippen LogP contribution in [0, 0.1) is 11.3 Å². The van der Waals surface area contributed by atoms with Crippen LogP contribution in [0.15, 0.2) is 30.3 Å². The van der Waals surface area contributed by atoms with Crippen molar-refractivity contribution in [1.29, 1.82) is 5.41 Å². The van der Waals surface area contributed by atoms with Crippen molar-refractivity contribution < 1.29 is 4.74 Å². The van der Waals surface area contributed by atoms with E-state index in [2.05, 4.69) is 43.8 Å². The van der Waals surface area contributed by atoms with Gasteiger partial charge in [0.1, 0.15) is 0 Å². The molecule has 0 atom stereocenters. The van der Waals surface area contributed by atoms with E-state index in [9.17, 15) is 0 Å². The molecule has 0 aromatic heterocycles. The van der Waals surface area contributed by atoms with Crippen LogP contribution in [0.1, 0.15) is 44.2 Å². The molecule has 2 nitrogen and oxygen atoms in total. The SMILES string of the molecule is CC(C)(CC=Cc1ccccc1C=N)SCC1CCOCC1. The van der Waals surface area contributed by atoms with Gasteiger partial charge in [-0.25, -0.2) is 0 Å². The molecule has 1 heterocycles. The minimum atomic E-state index is 0.258. The standard InChI is InChI=1S/C19H27NOS/c1-19(2,22-15-16-9-12-21-13-10-16)11-5-8-17-6-3-4-7-18(17)14-20/h3-8,14,16,20H,9-13,15H2,1-2H3. The summed E-state index contributed by atoms with van der Waals surface area (Å²) in [6.45, 7) is 6.52. The van der Waals surface area contributed by atoms with Crippen LogP contribution in [0.5, 0.6) is 0 Å². The zero-order valence-corrected chi connectivity index (χ0v) is 14.5. The number of ether oxygens (including phenoxy) is 1. The Morgan fingerprint density at radius 3 is 2.59 bits per heavy atom. The molecule has 0 radical (unpaired) electrons. The molecule has 1 aromatic carbocycles. The summed E-state index contributed by atoms with van der Waals surface area (Å²) in [5, 5.41) is 7.45. The van der Waals surface area contributed by atoms with E-state index in [4.69, 9.17) is 10.1 Å². The first-order valence-corrected chi connectivity index (χ1v) is 9.07. The van der Waals surface area contributed by atoms with Gasteiger partial charge in [-0.3, -0.25) is 0 Å². The van der Waals surface area contributed by atoms with Crippen molar-refractivity contribution in [3.63, 3.8) is 0 Å². The van der Waals surface area contributed by atoms with Gasteiger partial charge >= 0.3 is 0 Å². The second-order valence-electron chi connectivity index (χ2n) is 6.51. The van der Waals surface area contributed by atoms with Crippen molar-refractivity contribution in [3.8, 4) is 0 Å². The van der Waals surface area contributed by atoms with Crippen LogP contribution in [0.3, 0.4) is 0 Å². The number of allylic oxidation sites excluding steroid dienone is 1. The molecule has 22 heavy (non-hydrogen) atoms. The third-order valence-electron chi connectivity index (χ3n) is 4.11. The van der Waals surface area contributed by atoms with Crippen molar-refractivity contribution >= 4 is 24.1 Å². The highest BCUT2D eigenvalue weighted by Crippen LogP contribution is 2.32. The van der Waals surface area contributed by atoms with Gasteiger partial charge in [-0.1, -0.05) is 50.3 Å². The highest BCUT2D eigenvalue weighted by molar-refractivity contribution is 8.00. The molecule has 0 unspecified atom stereocenters. The summed E-state index contributed by atoms with van der Waals surface area (Å²) >= 11 is 2.08. The number of thioether (sulfide) groups is 1. The third kappa shape index (κ3) is 5.62. The quantitative estimate of drug-likeness (QED) is 0.716. The first-order valence-electron chi connectivity index (χ1n) is 8.08. The Labute approximate surface area is 138 Å². The summed E-state index contributed by atoms with van der Waals surface area (Å²) in [6, 6.07) is 8.06. The normalized spacial score (nSPS) is 17.0. The maximum atomic E-state index is 7.45. The number of rotatable bonds is 7. The zero-order chi connectivity index (χ0) is 15.8. The van der Waals surface area contributed by atoms with Crippen LogP contribution in [-0.4, -0.2) is 29.9 Å². The zero-order valence-electron chi connectivity index (χ0n) is 13.7. The first kappa shape index (κ1) is 17.3. The summed E-state index contributed by atoms with van der Waals surface area (Å²) in [5.41, 5.74) is 2.11. The fourth-order valence-electron chi connectivity index (χ4n) is 2.58. The Morgan fingerprint density at radius 2 is 1.91 bits per heavy atom. The molecule has 2 rings (SSSR count). The summed E-state index contributed by atoms with van der Waals surface area (Å²) in [5.74, 6) is 2.06. The smallest absolute Gasteiger partial charge is 0.0468 e.